The molecule has 0 radical (unpaired) electrons. The Bertz CT molecular complexity index is 534. The lowest BCUT2D eigenvalue weighted by Gasteiger charge is -2.16. The first-order valence-electron chi connectivity index (χ1n) is 6.16. The van der Waals surface area contributed by atoms with Crippen molar-refractivity contribution in [2.75, 3.05) is 0 Å². The molecule has 1 atom stereocenters. The van der Waals surface area contributed by atoms with Crippen molar-refractivity contribution in [2.24, 2.45) is 5.73 Å². The first-order chi connectivity index (χ1) is 8.63. The fourth-order valence-electron chi connectivity index (χ4n) is 2.12. The molecule has 0 fully saturated rings. The van der Waals surface area contributed by atoms with Crippen molar-refractivity contribution >= 4 is 15.9 Å². The molecule has 1 aromatic heterocycles. The Balaban J connectivity index is 2.38. The molecule has 2 aromatic rings. The molecule has 0 bridgehead atoms. The van der Waals surface area contributed by atoms with Crippen LogP contribution in [-0.4, -0.2) is 9.55 Å². The molecule has 2 rings (SSSR count). The van der Waals surface area contributed by atoms with Crippen LogP contribution in [0, 0.1) is 6.92 Å². The summed E-state index contributed by atoms with van der Waals surface area (Å²) in [5.74, 6) is 0.929. The molecule has 0 spiro atoms. The summed E-state index contributed by atoms with van der Waals surface area (Å²) in [4.78, 5) is 4.40. The Labute approximate surface area is 116 Å². The van der Waals surface area contributed by atoms with Crippen LogP contribution in [0.3, 0.4) is 0 Å². The number of imidazole rings is 1. The van der Waals surface area contributed by atoms with Gasteiger partial charge in [0.1, 0.15) is 5.82 Å². The minimum atomic E-state index is -0.177. The van der Waals surface area contributed by atoms with Crippen LogP contribution in [0.2, 0.25) is 0 Å². The number of halogens is 1. The molecule has 4 heteroatoms. The second-order valence-corrected chi connectivity index (χ2v) is 5.37. The van der Waals surface area contributed by atoms with Crippen LogP contribution in [0.5, 0.6) is 0 Å². The first kappa shape index (κ1) is 13.3. The van der Waals surface area contributed by atoms with E-state index in [0.29, 0.717) is 0 Å². The maximum atomic E-state index is 6.36. The van der Waals surface area contributed by atoms with Crippen LogP contribution in [-0.2, 0) is 6.54 Å². The van der Waals surface area contributed by atoms with Gasteiger partial charge in [-0.2, -0.15) is 0 Å². The van der Waals surface area contributed by atoms with E-state index < -0.39 is 0 Å². The van der Waals surface area contributed by atoms with E-state index in [1.54, 1.807) is 0 Å². The molecule has 1 aromatic carbocycles. The number of nitrogens with two attached hydrogens (primary N) is 1. The molecular formula is C14H18BrN3. The summed E-state index contributed by atoms with van der Waals surface area (Å²) in [6, 6.07) is 6.01. The SMILES string of the molecule is CCCn1ccnc1C(N)c1cc(Br)ccc1C. The number of hydrogen-bond donors (Lipinski definition) is 1. The molecule has 0 aliphatic heterocycles. The number of aromatic nitrogens is 2. The van der Waals surface area contributed by atoms with Crippen LogP contribution in [0.15, 0.2) is 35.1 Å². The molecule has 0 saturated heterocycles. The van der Waals surface area contributed by atoms with E-state index in [0.717, 1.165) is 28.8 Å². The molecule has 18 heavy (non-hydrogen) atoms. The Kier molecular flexibility index (Phi) is 4.19. The summed E-state index contributed by atoms with van der Waals surface area (Å²) >= 11 is 3.49. The Morgan fingerprint density at radius 2 is 2.22 bits per heavy atom. The number of nitrogens with zero attached hydrogens (tertiary/aromatic N) is 2. The molecule has 96 valence electrons. The number of benzene rings is 1. The van der Waals surface area contributed by atoms with Gasteiger partial charge in [-0.25, -0.2) is 4.98 Å². The number of rotatable bonds is 4. The van der Waals surface area contributed by atoms with E-state index in [-0.39, 0.29) is 6.04 Å². The van der Waals surface area contributed by atoms with Crippen LogP contribution < -0.4 is 5.73 Å². The summed E-state index contributed by atoms with van der Waals surface area (Å²) in [6.45, 7) is 5.18. The number of aryl methyl sites for hydroxylation is 2. The van der Waals surface area contributed by atoms with Crippen molar-refractivity contribution in [1.29, 1.82) is 0 Å². The molecule has 1 heterocycles. The number of hydrogen-bond acceptors (Lipinski definition) is 2. The minimum Gasteiger partial charge on any atom is -0.333 e. The zero-order chi connectivity index (χ0) is 13.1. The third-order valence-corrected chi connectivity index (χ3v) is 3.56. The standard InChI is InChI=1S/C14H18BrN3/c1-3-7-18-8-6-17-14(18)13(16)12-9-11(15)5-4-10(12)2/h4-6,8-9,13H,3,7,16H2,1-2H3. The van der Waals surface area contributed by atoms with Crippen molar-refractivity contribution in [3.8, 4) is 0 Å². The van der Waals surface area contributed by atoms with Crippen molar-refractivity contribution in [1.82, 2.24) is 9.55 Å². The quantitative estimate of drug-likeness (QED) is 0.940. The van der Waals surface area contributed by atoms with Gasteiger partial charge in [0.2, 0.25) is 0 Å². The van der Waals surface area contributed by atoms with E-state index in [4.69, 9.17) is 5.73 Å². The van der Waals surface area contributed by atoms with E-state index in [1.165, 1.54) is 5.56 Å². The molecule has 2 N–H and O–H groups in total. The topological polar surface area (TPSA) is 43.8 Å². The van der Waals surface area contributed by atoms with E-state index in [2.05, 4.69) is 51.5 Å². The van der Waals surface area contributed by atoms with E-state index in [9.17, 15) is 0 Å². The van der Waals surface area contributed by atoms with E-state index in [1.807, 2.05) is 18.5 Å². The Morgan fingerprint density at radius 1 is 1.44 bits per heavy atom. The van der Waals surface area contributed by atoms with Crippen molar-refractivity contribution in [2.45, 2.75) is 32.9 Å². The second kappa shape index (κ2) is 5.67. The lowest BCUT2D eigenvalue weighted by atomic mass is 10.0. The smallest absolute Gasteiger partial charge is 0.130 e. The van der Waals surface area contributed by atoms with Gasteiger partial charge in [-0.3, -0.25) is 0 Å². The Hall–Kier alpha value is -1.13. The van der Waals surface area contributed by atoms with Crippen LogP contribution >= 0.6 is 15.9 Å². The summed E-state index contributed by atoms with van der Waals surface area (Å²) in [7, 11) is 0. The maximum absolute atomic E-state index is 6.36. The van der Waals surface area contributed by atoms with Gasteiger partial charge in [0.15, 0.2) is 0 Å². The normalized spacial score (nSPS) is 12.7. The summed E-state index contributed by atoms with van der Waals surface area (Å²) in [5, 5.41) is 0. The predicted molar refractivity (Wildman–Crippen MR) is 77.4 cm³/mol. The van der Waals surface area contributed by atoms with Crippen LogP contribution in [0.25, 0.3) is 0 Å². The highest BCUT2D eigenvalue weighted by molar-refractivity contribution is 9.10. The van der Waals surface area contributed by atoms with Gasteiger partial charge in [0.25, 0.3) is 0 Å². The van der Waals surface area contributed by atoms with Gasteiger partial charge in [-0.05, 0) is 36.6 Å². The fraction of sp³-hybridized carbons (Fsp3) is 0.357. The highest BCUT2D eigenvalue weighted by Crippen LogP contribution is 2.25. The van der Waals surface area contributed by atoms with E-state index >= 15 is 0 Å². The molecule has 0 aliphatic carbocycles. The lowest BCUT2D eigenvalue weighted by molar-refractivity contribution is 0.612. The second-order valence-electron chi connectivity index (χ2n) is 4.46. The van der Waals surface area contributed by atoms with Gasteiger partial charge in [-0.1, -0.05) is 28.9 Å². The monoisotopic (exact) mass is 307 g/mol. The molecule has 3 nitrogen and oxygen atoms in total. The summed E-state index contributed by atoms with van der Waals surface area (Å²) in [6.07, 6.45) is 4.89. The van der Waals surface area contributed by atoms with Gasteiger partial charge in [-0.15, -0.1) is 0 Å². The third kappa shape index (κ3) is 2.65. The zero-order valence-electron chi connectivity index (χ0n) is 10.7. The van der Waals surface area contributed by atoms with Gasteiger partial charge < -0.3 is 10.3 Å². The molecule has 1 unspecified atom stereocenters. The fourth-order valence-corrected chi connectivity index (χ4v) is 2.49. The zero-order valence-corrected chi connectivity index (χ0v) is 12.3. The Morgan fingerprint density at radius 3 is 2.94 bits per heavy atom. The largest absolute Gasteiger partial charge is 0.333 e. The van der Waals surface area contributed by atoms with Crippen molar-refractivity contribution < 1.29 is 0 Å². The molecule has 0 aliphatic rings. The average Bonchev–Trinajstić information content (AvgIpc) is 2.80. The lowest BCUT2D eigenvalue weighted by Crippen LogP contribution is -2.18. The van der Waals surface area contributed by atoms with Gasteiger partial charge >= 0.3 is 0 Å². The van der Waals surface area contributed by atoms with Gasteiger partial charge in [0, 0.05) is 23.4 Å². The van der Waals surface area contributed by atoms with Crippen molar-refractivity contribution in [3.05, 3.63) is 52.0 Å². The first-order valence-corrected chi connectivity index (χ1v) is 6.95. The highest BCUT2D eigenvalue weighted by Gasteiger charge is 2.16. The third-order valence-electron chi connectivity index (χ3n) is 3.07. The average molecular weight is 308 g/mol. The molecule has 0 saturated carbocycles. The predicted octanol–water partition coefficient (Wildman–Crippen LogP) is 3.41. The summed E-state index contributed by atoms with van der Waals surface area (Å²) in [5.41, 5.74) is 8.67. The van der Waals surface area contributed by atoms with Gasteiger partial charge in [0.05, 0.1) is 6.04 Å². The van der Waals surface area contributed by atoms with Crippen LogP contribution in [0.4, 0.5) is 0 Å². The molecular weight excluding hydrogens is 290 g/mol. The summed E-state index contributed by atoms with van der Waals surface area (Å²) < 4.78 is 3.18. The minimum absolute atomic E-state index is 0.177. The van der Waals surface area contributed by atoms with Crippen molar-refractivity contribution in [3.63, 3.8) is 0 Å². The maximum Gasteiger partial charge on any atom is 0.130 e. The van der Waals surface area contributed by atoms with Crippen LogP contribution in [0.1, 0.15) is 36.3 Å². The molecule has 0 amide bonds. The highest BCUT2D eigenvalue weighted by atomic mass is 79.9.